The van der Waals surface area contributed by atoms with Crippen LogP contribution in [0.3, 0.4) is 0 Å². The second-order valence-electron chi connectivity index (χ2n) is 8.07. The lowest BCUT2D eigenvalue weighted by Crippen LogP contribution is -2.47. The first-order valence-electron chi connectivity index (χ1n) is 10.1. The van der Waals surface area contributed by atoms with Crippen molar-refractivity contribution >= 4 is 23.5 Å². The topological polar surface area (TPSA) is 52.6 Å². The molecule has 1 aliphatic rings. The van der Waals surface area contributed by atoms with Crippen molar-refractivity contribution in [1.82, 2.24) is 19.8 Å². The fourth-order valence-electron chi connectivity index (χ4n) is 3.15. The normalized spacial score (nSPS) is 15.0. The number of rotatable bonds is 6. The summed E-state index contributed by atoms with van der Waals surface area (Å²) in [4.78, 5) is 28.4. The van der Waals surface area contributed by atoms with Gasteiger partial charge in [0.05, 0.1) is 0 Å². The molecule has 29 heavy (non-hydrogen) atoms. The Morgan fingerprint density at radius 1 is 1.14 bits per heavy atom. The van der Waals surface area contributed by atoms with Crippen LogP contribution in [0.15, 0.2) is 35.5 Å². The lowest BCUT2D eigenvalue weighted by Gasteiger charge is -2.32. The Hall–Kier alpha value is -2.12. The van der Waals surface area contributed by atoms with Crippen LogP contribution in [0.1, 0.15) is 41.4 Å². The third-order valence-electron chi connectivity index (χ3n) is 5.09. The molecule has 3 rings (SSSR count). The smallest absolute Gasteiger partial charge is 0.253 e. The van der Waals surface area contributed by atoms with Gasteiger partial charge in [0.2, 0.25) is 0 Å². The molecule has 1 saturated heterocycles. The molecule has 1 aromatic heterocycles. The van der Waals surface area contributed by atoms with Crippen molar-refractivity contribution in [2.45, 2.75) is 30.7 Å². The summed E-state index contributed by atoms with van der Waals surface area (Å²) in [6.07, 6.45) is 0. The molecule has 2 aromatic rings. The van der Waals surface area contributed by atoms with Crippen molar-refractivity contribution in [3.05, 3.63) is 47.2 Å². The second-order valence-corrected chi connectivity index (χ2v) is 9.01. The first kappa shape index (κ1) is 21.6. The molecule has 0 aliphatic carbocycles. The average Bonchev–Trinajstić information content (AvgIpc) is 2.72. The summed E-state index contributed by atoms with van der Waals surface area (Å²) in [5.41, 5.74) is 2.92. The molecule has 0 bridgehead atoms. The Morgan fingerprint density at radius 3 is 2.52 bits per heavy atom. The second kappa shape index (κ2) is 9.59. The van der Waals surface area contributed by atoms with Crippen LogP contribution in [0.4, 0.5) is 5.82 Å². The standard InChI is InChI=1S/C22H31N5OS/c1-16(2)19-14-20(25(3)4)24-22(23-19)29-15-17-7-6-8-18(13-17)21(28)27-11-9-26(5)10-12-27/h6-8,13-14,16H,9-12,15H2,1-5H3. The van der Waals surface area contributed by atoms with Crippen molar-refractivity contribution in [1.29, 1.82) is 0 Å². The number of hydrogen-bond donors (Lipinski definition) is 0. The van der Waals surface area contributed by atoms with Gasteiger partial charge in [-0.15, -0.1) is 0 Å². The van der Waals surface area contributed by atoms with E-state index in [1.54, 1.807) is 11.8 Å². The van der Waals surface area contributed by atoms with Crippen LogP contribution in [0.25, 0.3) is 0 Å². The van der Waals surface area contributed by atoms with Crippen LogP contribution in [0.5, 0.6) is 0 Å². The van der Waals surface area contributed by atoms with Crippen molar-refractivity contribution in [3.63, 3.8) is 0 Å². The van der Waals surface area contributed by atoms with Gasteiger partial charge in [-0.25, -0.2) is 9.97 Å². The number of piperazine rings is 1. The van der Waals surface area contributed by atoms with E-state index in [0.717, 1.165) is 59.7 Å². The van der Waals surface area contributed by atoms with Gasteiger partial charge in [0.25, 0.3) is 5.91 Å². The molecular weight excluding hydrogens is 382 g/mol. The number of anilines is 1. The zero-order chi connectivity index (χ0) is 21.0. The summed E-state index contributed by atoms with van der Waals surface area (Å²) in [6.45, 7) is 7.72. The van der Waals surface area contributed by atoms with Gasteiger partial charge in [-0.3, -0.25) is 4.79 Å². The molecule has 1 aliphatic heterocycles. The summed E-state index contributed by atoms with van der Waals surface area (Å²) >= 11 is 1.61. The Labute approximate surface area is 178 Å². The lowest BCUT2D eigenvalue weighted by molar-refractivity contribution is 0.0664. The lowest BCUT2D eigenvalue weighted by atomic mass is 10.1. The minimum Gasteiger partial charge on any atom is -0.363 e. The van der Waals surface area contributed by atoms with Gasteiger partial charge in [0.1, 0.15) is 5.82 Å². The van der Waals surface area contributed by atoms with Crippen LogP contribution in [0, 0.1) is 0 Å². The minimum absolute atomic E-state index is 0.123. The maximum Gasteiger partial charge on any atom is 0.253 e. The molecule has 1 aromatic carbocycles. The van der Waals surface area contributed by atoms with Gasteiger partial charge in [0.15, 0.2) is 5.16 Å². The van der Waals surface area contributed by atoms with Crippen LogP contribution >= 0.6 is 11.8 Å². The number of thioether (sulfide) groups is 1. The summed E-state index contributed by atoms with van der Waals surface area (Å²) in [7, 11) is 6.08. The number of likely N-dealkylation sites (N-methyl/N-ethyl adjacent to an activating group) is 1. The molecule has 0 saturated carbocycles. The number of benzene rings is 1. The van der Waals surface area contributed by atoms with Gasteiger partial charge >= 0.3 is 0 Å². The van der Waals surface area contributed by atoms with E-state index in [1.807, 2.05) is 48.2 Å². The monoisotopic (exact) mass is 413 g/mol. The highest BCUT2D eigenvalue weighted by Gasteiger charge is 2.20. The summed E-state index contributed by atoms with van der Waals surface area (Å²) < 4.78 is 0. The highest BCUT2D eigenvalue weighted by molar-refractivity contribution is 7.98. The number of amides is 1. The van der Waals surface area contributed by atoms with Crippen LogP contribution in [0.2, 0.25) is 0 Å². The van der Waals surface area contributed by atoms with Gasteiger partial charge in [-0.2, -0.15) is 0 Å². The molecule has 0 atom stereocenters. The van der Waals surface area contributed by atoms with E-state index >= 15 is 0 Å². The molecule has 1 fully saturated rings. The SMILES string of the molecule is CC(C)c1cc(N(C)C)nc(SCc2cccc(C(=O)N3CCN(C)CC3)c2)n1. The Balaban J connectivity index is 1.70. The number of carbonyl (C=O) groups excluding carboxylic acids is 1. The van der Waals surface area contributed by atoms with E-state index < -0.39 is 0 Å². The zero-order valence-electron chi connectivity index (χ0n) is 18.1. The quantitative estimate of drug-likeness (QED) is 0.535. The van der Waals surface area contributed by atoms with Crippen molar-refractivity contribution in [2.75, 3.05) is 52.2 Å². The summed E-state index contributed by atoms with van der Waals surface area (Å²) in [5, 5.41) is 0.774. The molecule has 0 spiro atoms. The predicted molar refractivity (Wildman–Crippen MR) is 120 cm³/mol. The number of hydrogen-bond acceptors (Lipinski definition) is 6. The fraction of sp³-hybridized carbons (Fsp3) is 0.500. The summed E-state index contributed by atoms with van der Waals surface area (Å²) in [6, 6.07) is 9.99. The van der Waals surface area contributed by atoms with Crippen molar-refractivity contribution in [3.8, 4) is 0 Å². The largest absolute Gasteiger partial charge is 0.363 e. The first-order valence-corrected chi connectivity index (χ1v) is 11.1. The van der Waals surface area contributed by atoms with Crippen LogP contribution in [-0.2, 0) is 5.75 Å². The first-order chi connectivity index (χ1) is 13.8. The third-order valence-corrected chi connectivity index (χ3v) is 6.01. The van der Waals surface area contributed by atoms with Gasteiger partial charge < -0.3 is 14.7 Å². The van der Waals surface area contributed by atoms with E-state index in [0.29, 0.717) is 5.92 Å². The molecule has 1 amide bonds. The Morgan fingerprint density at radius 2 is 1.86 bits per heavy atom. The molecule has 2 heterocycles. The Kier molecular flexibility index (Phi) is 7.14. The highest BCUT2D eigenvalue weighted by atomic mass is 32.2. The predicted octanol–water partition coefficient (Wildman–Crippen LogP) is 3.35. The minimum atomic E-state index is 0.123. The van der Waals surface area contributed by atoms with Crippen molar-refractivity contribution < 1.29 is 4.79 Å². The van der Waals surface area contributed by atoms with Crippen molar-refractivity contribution in [2.24, 2.45) is 0 Å². The maximum atomic E-state index is 12.8. The number of aromatic nitrogens is 2. The average molecular weight is 414 g/mol. The van der Waals surface area contributed by atoms with E-state index in [4.69, 9.17) is 4.98 Å². The van der Waals surface area contributed by atoms with Gasteiger partial charge in [-0.05, 0) is 30.7 Å². The number of carbonyl (C=O) groups is 1. The van der Waals surface area contributed by atoms with E-state index in [1.165, 1.54) is 0 Å². The molecule has 0 radical (unpaired) electrons. The van der Waals surface area contributed by atoms with E-state index in [2.05, 4.69) is 36.8 Å². The third kappa shape index (κ3) is 5.70. The zero-order valence-corrected chi connectivity index (χ0v) is 18.9. The molecule has 0 unspecified atom stereocenters. The molecule has 6 nitrogen and oxygen atoms in total. The van der Waals surface area contributed by atoms with Crippen LogP contribution < -0.4 is 4.90 Å². The fourth-order valence-corrected chi connectivity index (χ4v) is 3.96. The Bertz CT molecular complexity index is 821. The molecular formula is C22H31N5OS. The molecule has 7 heteroatoms. The number of nitrogens with zero attached hydrogens (tertiary/aromatic N) is 5. The van der Waals surface area contributed by atoms with E-state index in [-0.39, 0.29) is 5.91 Å². The summed E-state index contributed by atoms with van der Waals surface area (Å²) in [5.74, 6) is 2.13. The van der Waals surface area contributed by atoms with Gasteiger partial charge in [-0.1, -0.05) is 37.7 Å². The van der Waals surface area contributed by atoms with Gasteiger partial charge in [0, 0.05) is 63.4 Å². The molecule has 0 N–H and O–H groups in total. The highest BCUT2D eigenvalue weighted by Crippen LogP contribution is 2.25. The van der Waals surface area contributed by atoms with E-state index in [9.17, 15) is 4.79 Å². The van der Waals surface area contributed by atoms with Crippen LogP contribution in [-0.4, -0.2) is 73.0 Å². The maximum absolute atomic E-state index is 12.8. The molecule has 156 valence electrons.